The van der Waals surface area contributed by atoms with Crippen LogP contribution in [0.25, 0.3) is 0 Å². The first kappa shape index (κ1) is 26.4. The summed E-state index contributed by atoms with van der Waals surface area (Å²) in [6.45, 7) is 1.03. The summed E-state index contributed by atoms with van der Waals surface area (Å²) in [6.07, 6.45) is 7.41. The van der Waals surface area contributed by atoms with Crippen LogP contribution in [0.15, 0.2) is 78.3 Å². The standard InChI is InChI=1S/C27H29N3O4.HI/c1-28-16-7-13-26(25(28)19-31)33-20-34-27(32)29(2)17-8-18-30-23-11-5-3-9-21(23)14-15-22-10-4-6-12-24(22)30;/h3-7,9-13,16H,8,14-15,17-18,20H2,1-2H3;1H. The topological polar surface area (TPSA) is 62.3 Å². The summed E-state index contributed by atoms with van der Waals surface area (Å²) in [6, 6.07) is 17.0. The van der Waals surface area contributed by atoms with E-state index in [2.05, 4.69) is 53.4 Å². The minimum absolute atomic E-state index is 0. The Balaban J connectivity index is 0.00000342. The van der Waals surface area contributed by atoms with E-state index >= 15 is 0 Å². The van der Waals surface area contributed by atoms with Crippen molar-refractivity contribution in [3.05, 3.63) is 89.5 Å². The Bertz CT molecular complexity index is 1110. The molecule has 0 radical (unpaired) electrons. The maximum absolute atomic E-state index is 12.4. The Morgan fingerprint density at radius 1 is 1.06 bits per heavy atom. The number of aryl methyl sites for hydroxylation is 2. The molecule has 0 aliphatic carbocycles. The lowest BCUT2D eigenvalue weighted by Gasteiger charge is -2.28. The highest BCUT2D eigenvalue weighted by Gasteiger charge is 2.21. The van der Waals surface area contributed by atoms with Gasteiger partial charge in [-0.25, -0.2) is 9.59 Å². The van der Waals surface area contributed by atoms with Crippen molar-refractivity contribution in [1.82, 2.24) is 9.80 Å². The molecule has 2 aromatic rings. The van der Waals surface area contributed by atoms with Gasteiger partial charge in [0.1, 0.15) is 0 Å². The van der Waals surface area contributed by atoms with Crippen LogP contribution in [0, 0.1) is 0 Å². The van der Waals surface area contributed by atoms with Crippen LogP contribution in [0.1, 0.15) is 17.5 Å². The van der Waals surface area contributed by atoms with Gasteiger partial charge in [0.05, 0.1) is 0 Å². The number of benzene rings is 2. The van der Waals surface area contributed by atoms with Crippen molar-refractivity contribution in [3.63, 3.8) is 0 Å². The van der Waals surface area contributed by atoms with Gasteiger partial charge in [-0.1, -0.05) is 36.4 Å². The molecule has 2 aliphatic heterocycles. The number of amides is 1. The van der Waals surface area contributed by atoms with Gasteiger partial charge in [-0.3, -0.25) is 0 Å². The first-order chi connectivity index (χ1) is 16.6. The average Bonchev–Trinajstić information content (AvgIpc) is 3.01. The van der Waals surface area contributed by atoms with Crippen LogP contribution in [0.4, 0.5) is 16.2 Å². The number of likely N-dealkylation sites (N-methyl/N-ethyl adjacent to an activating group) is 1. The van der Waals surface area contributed by atoms with E-state index in [1.807, 2.05) is 5.94 Å². The zero-order chi connectivity index (χ0) is 23.9. The van der Waals surface area contributed by atoms with Gasteiger partial charge < -0.3 is 24.2 Å². The third kappa shape index (κ3) is 6.26. The monoisotopic (exact) mass is 587 g/mol. The molecule has 0 atom stereocenters. The lowest BCUT2D eigenvalue weighted by atomic mass is 10.0. The maximum Gasteiger partial charge on any atom is 0.412 e. The van der Waals surface area contributed by atoms with Gasteiger partial charge >= 0.3 is 6.09 Å². The third-order valence-electron chi connectivity index (χ3n) is 6.05. The second-order valence-corrected chi connectivity index (χ2v) is 8.29. The molecule has 8 heteroatoms. The minimum atomic E-state index is -0.478. The molecule has 0 spiro atoms. The van der Waals surface area contributed by atoms with Crippen molar-refractivity contribution in [1.29, 1.82) is 0 Å². The molecule has 0 aromatic heterocycles. The first-order valence-electron chi connectivity index (χ1n) is 11.4. The number of rotatable bonds is 7. The van der Waals surface area contributed by atoms with Gasteiger partial charge in [0, 0.05) is 44.8 Å². The van der Waals surface area contributed by atoms with Crippen molar-refractivity contribution in [3.8, 4) is 0 Å². The second kappa shape index (κ2) is 12.5. The molecular weight excluding hydrogens is 557 g/mol. The number of carbonyl (C=O) groups excluding carboxylic acids is 2. The molecule has 1 amide bonds. The third-order valence-corrected chi connectivity index (χ3v) is 6.05. The molecule has 184 valence electrons. The van der Waals surface area contributed by atoms with Gasteiger partial charge in [-0.15, -0.1) is 24.0 Å². The summed E-state index contributed by atoms with van der Waals surface area (Å²) in [4.78, 5) is 29.0. The largest absolute Gasteiger partial charge is 0.454 e. The molecule has 0 N–H and O–H groups in total. The van der Waals surface area contributed by atoms with Crippen LogP contribution in [-0.2, 0) is 27.1 Å². The number of fused-ring (bicyclic) bond motifs is 2. The number of carbonyl (C=O) groups is 1. The fraction of sp³-hybridized carbons (Fsp3) is 0.296. The van der Waals surface area contributed by atoms with E-state index in [9.17, 15) is 9.59 Å². The molecular formula is C27H30IN3O4. The van der Waals surface area contributed by atoms with Gasteiger partial charge in [0.2, 0.25) is 6.79 Å². The number of para-hydroxylation sites is 2. The van der Waals surface area contributed by atoms with E-state index in [0.717, 1.165) is 25.8 Å². The zero-order valence-corrected chi connectivity index (χ0v) is 22.3. The predicted octanol–water partition coefficient (Wildman–Crippen LogP) is 5.03. The Morgan fingerprint density at radius 3 is 2.31 bits per heavy atom. The summed E-state index contributed by atoms with van der Waals surface area (Å²) >= 11 is 0. The highest BCUT2D eigenvalue weighted by molar-refractivity contribution is 14.0. The fourth-order valence-electron chi connectivity index (χ4n) is 4.25. The van der Waals surface area contributed by atoms with Crippen LogP contribution in [0.5, 0.6) is 0 Å². The quantitative estimate of drug-likeness (QED) is 0.257. The summed E-state index contributed by atoms with van der Waals surface area (Å²) < 4.78 is 10.7. The van der Waals surface area contributed by atoms with Crippen LogP contribution >= 0.6 is 24.0 Å². The molecule has 2 heterocycles. The highest BCUT2D eigenvalue weighted by atomic mass is 127. The number of hydrogen-bond acceptors (Lipinski definition) is 6. The van der Waals surface area contributed by atoms with Gasteiger partial charge in [-0.2, -0.15) is 0 Å². The molecule has 0 bridgehead atoms. The summed E-state index contributed by atoms with van der Waals surface area (Å²) in [5.74, 6) is 2.15. The van der Waals surface area contributed by atoms with Crippen molar-refractivity contribution in [2.75, 3.05) is 38.9 Å². The van der Waals surface area contributed by atoms with Gasteiger partial charge in [-0.05, 0) is 54.7 Å². The Hall–Kier alpha value is -3.23. The molecule has 2 aliphatic rings. The number of halogens is 1. The fourth-order valence-corrected chi connectivity index (χ4v) is 4.25. The highest BCUT2D eigenvalue weighted by Crippen LogP contribution is 2.35. The van der Waals surface area contributed by atoms with E-state index in [0.29, 0.717) is 12.3 Å². The van der Waals surface area contributed by atoms with E-state index in [1.54, 1.807) is 37.3 Å². The zero-order valence-electron chi connectivity index (χ0n) is 20.0. The van der Waals surface area contributed by atoms with E-state index < -0.39 is 6.09 Å². The molecule has 0 unspecified atom stereocenters. The van der Waals surface area contributed by atoms with E-state index in [-0.39, 0.29) is 36.5 Å². The minimum Gasteiger partial charge on any atom is -0.454 e. The molecule has 0 fully saturated rings. The molecule has 0 saturated carbocycles. The normalized spacial score (nSPS) is 14.0. The summed E-state index contributed by atoms with van der Waals surface area (Å²) in [5.41, 5.74) is 5.38. The number of anilines is 2. The SMILES string of the molecule is CN1C=CC=C(OCOC(=O)N(C)CCCN2c3ccccc3CCc3ccccc32)C1=C=O.I. The van der Waals surface area contributed by atoms with Crippen LogP contribution in [-0.4, -0.2) is 55.8 Å². The van der Waals surface area contributed by atoms with E-state index in [1.165, 1.54) is 27.4 Å². The smallest absolute Gasteiger partial charge is 0.412 e. The van der Waals surface area contributed by atoms with Crippen LogP contribution < -0.4 is 4.90 Å². The van der Waals surface area contributed by atoms with Crippen molar-refractivity contribution in [2.45, 2.75) is 19.3 Å². The Morgan fingerprint density at radius 2 is 1.69 bits per heavy atom. The molecule has 2 aromatic carbocycles. The summed E-state index contributed by atoms with van der Waals surface area (Å²) in [5, 5.41) is 0. The Labute approximate surface area is 223 Å². The number of ether oxygens (including phenoxy) is 2. The van der Waals surface area contributed by atoms with E-state index in [4.69, 9.17) is 9.47 Å². The van der Waals surface area contributed by atoms with Crippen LogP contribution in [0.2, 0.25) is 0 Å². The molecule has 0 saturated heterocycles. The van der Waals surface area contributed by atoms with Crippen molar-refractivity contribution in [2.24, 2.45) is 0 Å². The number of allylic oxidation sites excluding steroid dienone is 2. The van der Waals surface area contributed by atoms with Crippen LogP contribution in [0.3, 0.4) is 0 Å². The Kier molecular flexibility index (Phi) is 9.39. The lowest BCUT2D eigenvalue weighted by Crippen LogP contribution is -2.31. The predicted molar refractivity (Wildman–Crippen MR) is 147 cm³/mol. The van der Waals surface area contributed by atoms with Gasteiger partial charge in [0.15, 0.2) is 17.4 Å². The van der Waals surface area contributed by atoms with Crippen molar-refractivity contribution < 1.29 is 19.1 Å². The lowest BCUT2D eigenvalue weighted by molar-refractivity contribution is 0.00573. The maximum atomic E-state index is 12.4. The second-order valence-electron chi connectivity index (χ2n) is 8.29. The molecule has 4 rings (SSSR count). The van der Waals surface area contributed by atoms with Gasteiger partial charge in [0.25, 0.3) is 0 Å². The molecule has 7 nitrogen and oxygen atoms in total. The summed E-state index contributed by atoms with van der Waals surface area (Å²) in [7, 11) is 3.42. The number of hydrogen-bond donors (Lipinski definition) is 0. The number of nitrogens with zero attached hydrogens (tertiary/aromatic N) is 3. The van der Waals surface area contributed by atoms with Crippen molar-refractivity contribution >= 4 is 47.4 Å². The molecule has 35 heavy (non-hydrogen) atoms. The average molecular weight is 587 g/mol. The first-order valence-corrected chi connectivity index (χ1v) is 11.4.